The molecule has 0 amide bonds. The molecule has 0 radical (unpaired) electrons. The highest BCUT2D eigenvalue weighted by Gasteiger charge is 2.06. The highest BCUT2D eigenvalue weighted by Crippen LogP contribution is 2.17. The normalized spacial score (nSPS) is 12.4. The molecule has 1 unspecified atom stereocenters. The SMILES string of the molecule is C#CCNC(=NC)NCC(C)Oc1ccccc1C. The van der Waals surface area contributed by atoms with E-state index in [0.717, 1.165) is 11.3 Å². The van der Waals surface area contributed by atoms with E-state index in [1.165, 1.54) is 0 Å². The molecule has 4 heteroatoms. The third-order valence-electron chi connectivity index (χ3n) is 2.56. The summed E-state index contributed by atoms with van der Waals surface area (Å²) >= 11 is 0. The molecular formula is C15H21N3O. The lowest BCUT2D eigenvalue weighted by Crippen LogP contribution is -2.41. The lowest BCUT2D eigenvalue weighted by molar-refractivity contribution is 0.222. The summed E-state index contributed by atoms with van der Waals surface area (Å²) in [4.78, 5) is 4.07. The summed E-state index contributed by atoms with van der Waals surface area (Å²) in [6, 6.07) is 7.96. The van der Waals surface area contributed by atoms with Crippen LogP contribution in [0.5, 0.6) is 5.75 Å². The van der Waals surface area contributed by atoms with Crippen molar-refractivity contribution < 1.29 is 4.74 Å². The molecule has 1 aromatic rings. The summed E-state index contributed by atoms with van der Waals surface area (Å²) in [6.07, 6.45) is 5.22. The molecule has 19 heavy (non-hydrogen) atoms. The molecule has 0 saturated carbocycles. The first-order valence-electron chi connectivity index (χ1n) is 6.27. The molecule has 0 spiro atoms. The zero-order valence-corrected chi connectivity index (χ0v) is 11.7. The van der Waals surface area contributed by atoms with Crippen LogP contribution in [0.25, 0.3) is 0 Å². The average molecular weight is 259 g/mol. The number of para-hydroxylation sites is 1. The molecule has 2 N–H and O–H groups in total. The molecule has 102 valence electrons. The fraction of sp³-hybridized carbons (Fsp3) is 0.400. The van der Waals surface area contributed by atoms with Gasteiger partial charge in [-0.05, 0) is 25.5 Å². The molecule has 0 aliphatic carbocycles. The van der Waals surface area contributed by atoms with Crippen molar-refractivity contribution >= 4 is 5.96 Å². The Morgan fingerprint density at radius 3 is 2.79 bits per heavy atom. The van der Waals surface area contributed by atoms with Gasteiger partial charge in [0, 0.05) is 7.05 Å². The van der Waals surface area contributed by atoms with E-state index in [0.29, 0.717) is 19.0 Å². The Labute approximate surface area is 115 Å². The Bertz CT molecular complexity index is 463. The van der Waals surface area contributed by atoms with E-state index in [1.54, 1.807) is 7.05 Å². The zero-order valence-electron chi connectivity index (χ0n) is 11.7. The molecular weight excluding hydrogens is 238 g/mol. The van der Waals surface area contributed by atoms with Gasteiger partial charge in [0.1, 0.15) is 11.9 Å². The number of guanidine groups is 1. The van der Waals surface area contributed by atoms with E-state index >= 15 is 0 Å². The maximum Gasteiger partial charge on any atom is 0.191 e. The average Bonchev–Trinajstić information content (AvgIpc) is 2.41. The largest absolute Gasteiger partial charge is 0.489 e. The monoisotopic (exact) mass is 259 g/mol. The van der Waals surface area contributed by atoms with Crippen LogP contribution in [-0.4, -0.2) is 32.2 Å². The first-order valence-corrected chi connectivity index (χ1v) is 6.27. The Balaban J connectivity index is 2.42. The van der Waals surface area contributed by atoms with Crippen LogP contribution in [0.2, 0.25) is 0 Å². The van der Waals surface area contributed by atoms with Crippen molar-refractivity contribution in [1.82, 2.24) is 10.6 Å². The van der Waals surface area contributed by atoms with E-state index in [2.05, 4.69) is 21.5 Å². The highest BCUT2D eigenvalue weighted by molar-refractivity contribution is 5.79. The molecule has 0 saturated heterocycles. The molecule has 0 bridgehead atoms. The van der Waals surface area contributed by atoms with Gasteiger partial charge >= 0.3 is 0 Å². The van der Waals surface area contributed by atoms with Crippen molar-refractivity contribution in [3.8, 4) is 18.1 Å². The number of aliphatic imine (C=N–C) groups is 1. The first-order chi connectivity index (χ1) is 9.17. The number of hydrogen-bond acceptors (Lipinski definition) is 2. The van der Waals surface area contributed by atoms with Gasteiger partial charge in [-0.25, -0.2) is 0 Å². The molecule has 4 nitrogen and oxygen atoms in total. The maximum absolute atomic E-state index is 5.86. The molecule has 0 aromatic heterocycles. The van der Waals surface area contributed by atoms with Crippen LogP contribution in [0.1, 0.15) is 12.5 Å². The number of benzene rings is 1. The van der Waals surface area contributed by atoms with Gasteiger partial charge in [0.25, 0.3) is 0 Å². The Morgan fingerprint density at radius 2 is 2.16 bits per heavy atom. The van der Waals surface area contributed by atoms with Crippen LogP contribution < -0.4 is 15.4 Å². The highest BCUT2D eigenvalue weighted by atomic mass is 16.5. The number of nitrogens with zero attached hydrogens (tertiary/aromatic N) is 1. The van der Waals surface area contributed by atoms with Crippen LogP contribution in [0.15, 0.2) is 29.3 Å². The second kappa shape index (κ2) is 8.04. The van der Waals surface area contributed by atoms with Crippen LogP contribution >= 0.6 is 0 Å². The molecule has 0 aliphatic heterocycles. The second-order valence-electron chi connectivity index (χ2n) is 4.20. The van der Waals surface area contributed by atoms with Crippen LogP contribution in [0.3, 0.4) is 0 Å². The number of hydrogen-bond donors (Lipinski definition) is 2. The van der Waals surface area contributed by atoms with Gasteiger partial charge in [-0.1, -0.05) is 24.1 Å². The number of ether oxygens (including phenoxy) is 1. The van der Waals surface area contributed by atoms with Crippen LogP contribution in [-0.2, 0) is 0 Å². The molecule has 0 aliphatic rings. The minimum atomic E-state index is 0.0329. The zero-order chi connectivity index (χ0) is 14.1. The molecule has 1 rings (SSSR count). The predicted octanol–water partition coefficient (Wildman–Crippen LogP) is 1.56. The molecule has 0 heterocycles. The number of rotatable bonds is 5. The number of terminal acetylenes is 1. The molecule has 0 fully saturated rings. The summed E-state index contributed by atoms with van der Waals surface area (Å²) in [5.41, 5.74) is 1.13. The van der Waals surface area contributed by atoms with E-state index in [9.17, 15) is 0 Å². The third kappa shape index (κ3) is 5.35. The smallest absolute Gasteiger partial charge is 0.191 e. The van der Waals surface area contributed by atoms with Gasteiger partial charge in [0.15, 0.2) is 5.96 Å². The van der Waals surface area contributed by atoms with Crippen molar-refractivity contribution in [2.45, 2.75) is 20.0 Å². The molecule has 1 atom stereocenters. The number of aryl methyl sites for hydroxylation is 1. The topological polar surface area (TPSA) is 45.7 Å². The summed E-state index contributed by atoms with van der Waals surface area (Å²) in [6.45, 7) is 5.14. The van der Waals surface area contributed by atoms with Gasteiger partial charge < -0.3 is 15.4 Å². The second-order valence-corrected chi connectivity index (χ2v) is 4.20. The maximum atomic E-state index is 5.86. The summed E-state index contributed by atoms with van der Waals surface area (Å²) in [5.74, 6) is 4.09. The summed E-state index contributed by atoms with van der Waals surface area (Å²) in [5, 5.41) is 6.16. The fourth-order valence-electron chi connectivity index (χ4n) is 1.54. The minimum absolute atomic E-state index is 0.0329. The summed E-state index contributed by atoms with van der Waals surface area (Å²) < 4.78 is 5.86. The fourth-order valence-corrected chi connectivity index (χ4v) is 1.54. The quantitative estimate of drug-likeness (QED) is 0.479. The Hall–Kier alpha value is -2.15. The van der Waals surface area contributed by atoms with E-state index in [4.69, 9.17) is 11.2 Å². The predicted molar refractivity (Wildman–Crippen MR) is 79.5 cm³/mol. The lowest BCUT2D eigenvalue weighted by Gasteiger charge is -2.18. The van der Waals surface area contributed by atoms with Gasteiger partial charge in [-0.3, -0.25) is 4.99 Å². The Morgan fingerprint density at radius 1 is 1.42 bits per heavy atom. The van der Waals surface area contributed by atoms with Crippen LogP contribution in [0.4, 0.5) is 0 Å². The Kier molecular flexibility index (Phi) is 6.31. The summed E-state index contributed by atoms with van der Waals surface area (Å²) in [7, 11) is 1.71. The van der Waals surface area contributed by atoms with Crippen molar-refractivity contribution in [1.29, 1.82) is 0 Å². The van der Waals surface area contributed by atoms with E-state index < -0.39 is 0 Å². The molecule has 1 aromatic carbocycles. The first kappa shape index (κ1) is 14.9. The minimum Gasteiger partial charge on any atom is -0.489 e. The standard InChI is InChI=1S/C15H21N3O/c1-5-10-17-15(16-4)18-11-13(3)19-14-9-7-6-8-12(14)2/h1,6-9,13H,10-11H2,2-4H3,(H2,16,17,18). The van der Waals surface area contributed by atoms with Crippen molar-refractivity contribution in [3.05, 3.63) is 29.8 Å². The van der Waals surface area contributed by atoms with Crippen LogP contribution in [0, 0.1) is 19.3 Å². The van der Waals surface area contributed by atoms with Gasteiger partial charge in [0.05, 0.1) is 13.1 Å². The number of nitrogens with one attached hydrogen (secondary N) is 2. The van der Waals surface area contributed by atoms with Crippen molar-refractivity contribution in [2.75, 3.05) is 20.1 Å². The van der Waals surface area contributed by atoms with E-state index in [-0.39, 0.29) is 6.10 Å². The van der Waals surface area contributed by atoms with Gasteiger partial charge in [-0.2, -0.15) is 0 Å². The lowest BCUT2D eigenvalue weighted by atomic mass is 10.2. The van der Waals surface area contributed by atoms with Crippen molar-refractivity contribution in [2.24, 2.45) is 4.99 Å². The van der Waals surface area contributed by atoms with Crippen molar-refractivity contribution in [3.63, 3.8) is 0 Å². The van der Waals surface area contributed by atoms with Gasteiger partial charge in [0.2, 0.25) is 0 Å². The third-order valence-corrected chi connectivity index (χ3v) is 2.56. The van der Waals surface area contributed by atoms with E-state index in [1.807, 2.05) is 38.1 Å². The van der Waals surface area contributed by atoms with Gasteiger partial charge in [-0.15, -0.1) is 6.42 Å².